The lowest BCUT2D eigenvalue weighted by Crippen LogP contribution is -2.37. The summed E-state index contributed by atoms with van der Waals surface area (Å²) in [6.45, 7) is 1.64. The summed E-state index contributed by atoms with van der Waals surface area (Å²) >= 11 is 0. The summed E-state index contributed by atoms with van der Waals surface area (Å²) in [5, 5.41) is 0. The van der Waals surface area contributed by atoms with E-state index in [1.165, 1.54) is 39.5 Å². The molecule has 1 amide bonds. The Labute approximate surface area is 199 Å². The molecular weight excluding hydrogens is 467 g/mol. The predicted molar refractivity (Wildman–Crippen MR) is 124 cm³/mol. The SMILES string of the molecule is CN(C)CCN(Cc1cccc(C(F)(F)F)c1)C(=O)c1cccc(S(=O)(=O)N2CCCCC2)c1. The van der Waals surface area contributed by atoms with Crippen LogP contribution in [0, 0.1) is 0 Å². The molecule has 0 bridgehead atoms. The second kappa shape index (κ2) is 10.9. The highest BCUT2D eigenvalue weighted by Crippen LogP contribution is 2.30. The van der Waals surface area contributed by atoms with Crippen molar-refractivity contribution >= 4 is 15.9 Å². The van der Waals surface area contributed by atoms with Gasteiger partial charge in [-0.25, -0.2) is 8.42 Å². The third-order valence-electron chi connectivity index (χ3n) is 5.77. The van der Waals surface area contributed by atoms with Gasteiger partial charge in [0, 0.05) is 38.3 Å². The zero-order valence-corrected chi connectivity index (χ0v) is 20.2. The van der Waals surface area contributed by atoms with Crippen molar-refractivity contribution in [1.82, 2.24) is 14.1 Å². The van der Waals surface area contributed by atoms with E-state index in [1.807, 2.05) is 19.0 Å². The smallest absolute Gasteiger partial charge is 0.333 e. The second-order valence-electron chi connectivity index (χ2n) is 8.72. The first-order valence-electron chi connectivity index (χ1n) is 11.2. The van der Waals surface area contributed by atoms with Crippen LogP contribution in [0.25, 0.3) is 0 Å². The van der Waals surface area contributed by atoms with Crippen molar-refractivity contribution < 1.29 is 26.4 Å². The number of piperidine rings is 1. The predicted octanol–water partition coefficient (Wildman–Crippen LogP) is 4.08. The minimum absolute atomic E-state index is 0.0281. The van der Waals surface area contributed by atoms with Gasteiger partial charge in [0.1, 0.15) is 0 Å². The molecule has 186 valence electrons. The molecule has 10 heteroatoms. The number of alkyl halides is 3. The van der Waals surface area contributed by atoms with Crippen LogP contribution in [0.2, 0.25) is 0 Å². The minimum Gasteiger partial charge on any atom is -0.333 e. The largest absolute Gasteiger partial charge is 0.416 e. The molecule has 0 unspecified atom stereocenters. The molecule has 1 aliphatic rings. The Morgan fingerprint density at radius 2 is 1.65 bits per heavy atom. The fourth-order valence-corrected chi connectivity index (χ4v) is 5.43. The van der Waals surface area contributed by atoms with Crippen LogP contribution in [0.1, 0.15) is 40.7 Å². The maximum atomic E-state index is 13.4. The third kappa shape index (κ3) is 6.58. The highest BCUT2D eigenvalue weighted by atomic mass is 32.2. The van der Waals surface area contributed by atoms with Gasteiger partial charge in [-0.15, -0.1) is 0 Å². The number of amides is 1. The molecule has 1 fully saturated rings. The van der Waals surface area contributed by atoms with Gasteiger partial charge < -0.3 is 9.80 Å². The average Bonchev–Trinajstić information content (AvgIpc) is 2.81. The molecule has 34 heavy (non-hydrogen) atoms. The Morgan fingerprint density at radius 1 is 0.971 bits per heavy atom. The summed E-state index contributed by atoms with van der Waals surface area (Å²) in [6, 6.07) is 10.8. The molecule has 0 aliphatic carbocycles. The second-order valence-corrected chi connectivity index (χ2v) is 10.7. The monoisotopic (exact) mass is 497 g/mol. The van der Waals surface area contributed by atoms with Crippen LogP contribution in [0.15, 0.2) is 53.4 Å². The van der Waals surface area contributed by atoms with Crippen LogP contribution in [0.4, 0.5) is 13.2 Å². The maximum Gasteiger partial charge on any atom is 0.416 e. The van der Waals surface area contributed by atoms with E-state index in [2.05, 4.69) is 0 Å². The van der Waals surface area contributed by atoms with E-state index in [9.17, 15) is 26.4 Å². The van der Waals surface area contributed by atoms with Crippen molar-refractivity contribution in [2.75, 3.05) is 40.3 Å². The standard InChI is InChI=1S/C24H30F3N3O3S/c1-28(2)14-15-29(18-19-8-6-10-21(16-19)24(25,26)27)23(31)20-9-7-11-22(17-20)34(32,33)30-12-4-3-5-13-30/h6-11,16-17H,3-5,12-15,18H2,1-2H3. The topological polar surface area (TPSA) is 60.9 Å². The van der Waals surface area contributed by atoms with E-state index in [1.54, 1.807) is 6.07 Å². The number of rotatable bonds is 8. The lowest BCUT2D eigenvalue weighted by molar-refractivity contribution is -0.137. The zero-order chi connectivity index (χ0) is 24.9. The molecule has 2 aromatic rings. The number of likely N-dealkylation sites (N-methyl/N-ethyl adjacent to an activating group) is 1. The summed E-state index contributed by atoms with van der Waals surface area (Å²) in [7, 11) is -0.0568. The Morgan fingerprint density at radius 3 is 2.29 bits per heavy atom. The Bertz CT molecular complexity index is 1100. The summed E-state index contributed by atoms with van der Waals surface area (Å²) in [6.07, 6.45) is -1.90. The van der Waals surface area contributed by atoms with Crippen LogP contribution in [-0.2, 0) is 22.7 Å². The summed E-state index contributed by atoms with van der Waals surface area (Å²) in [4.78, 5) is 16.7. The maximum absolute atomic E-state index is 13.4. The van der Waals surface area contributed by atoms with E-state index in [4.69, 9.17) is 0 Å². The van der Waals surface area contributed by atoms with Crippen molar-refractivity contribution in [3.63, 3.8) is 0 Å². The van der Waals surface area contributed by atoms with Crippen LogP contribution < -0.4 is 0 Å². The van der Waals surface area contributed by atoms with E-state index in [0.717, 1.165) is 31.4 Å². The van der Waals surface area contributed by atoms with Crippen molar-refractivity contribution in [1.29, 1.82) is 0 Å². The number of carbonyl (C=O) groups excluding carboxylic acids is 1. The molecular formula is C24H30F3N3O3S. The average molecular weight is 498 g/mol. The summed E-state index contributed by atoms with van der Waals surface area (Å²) in [5.74, 6) is -0.435. The van der Waals surface area contributed by atoms with Gasteiger partial charge in [-0.2, -0.15) is 17.5 Å². The first kappa shape index (κ1) is 26.2. The first-order valence-corrected chi connectivity index (χ1v) is 12.6. The van der Waals surface area contributed by atoms with Gasteiger partial charge in [-0.05, 0) is 62.8 Å². The molecule has 0 saturated carbocycles. The van der Waals surface area contributed by atoms with Crippen molar-refractivity contribution in [3.05, 3.63) is 65.2 Å². The Balaban J connectivity index is 1.87. The van der Waals surface area contributed by atoms with Crippen LogP contribution in [-0.4, -0.2) is 68.7 Å². The molecule has 0 radical (unpaired) electrons. The summed E-state index contributed by atoms with van der Waals surface area (Å²) < 4.78 is 67.0. The van der Waals surface area contributed by atoms with E-state index in [-0.39, 0.29) is 23.5 Å². The van der Waals surface area contributed by atoms with Gasteiger partial charge in [0.05, 0.1) is 10.5 Å². The highest BCUT2D eigenvalue weighted by Gasteiger charge is 2.31. The molecule has 6 nitrogen and oxygen atoms in total. The molecule has 1 saturated heterocycles. The molecule has 0 aromatic heterocycles. The highest BCUT2D eigenvalue weighted by molar-refractivity contribution is 7.89. The number of halogens is 3. The Hall–Kier alpha value is -2.43. The van der Waals surface area contributed by atoms with E-state index in [0.29, 0.717) is 25.2 Å². The number of nitrogens with zero attached hydrogens (tertiary/aromatic N) is 3. The van der Waals surface area contributed by atoms with E-state index >= 15 is 0 Å². The van der Waals surface area contributed by atoms with E-state index < -0.39 is 27.7 Å². The number of sulfonamides is 1. The van der Waals surface area contributed by atoms with Gasteiger partial charge in [0.2, 0.25) is 10.0 Å². The number of carbonyl (C=O) groups is 1. The fourth-order valence-electron chi connectivity index (χ4n) is 3.87. The first-order chi connectivity index (χ1) is 16.0. The quantitative estimate of drug-likeness (QED) is 0.552. The van der Waals surface area contributed by atoms with Crippen LogP contribution in [0.3, 0.4) is 0 Å². The van der Waals surface area contributed by atoms with Gasteiger partial charge in [-0.1, -0.05) is 24.6 Å². The lowest BCUT2D eigenvalue weighted by Gasteiger charge is -2.27. The zero-order valence-electron chi connectivity index (χ0n) is 19.4. The molecule has 0 N–H and O–H groups in total. The Kier molecular flexibility index (Phi) is 8.38. The lowest BCUT2D eigenvalue weighted by atomic mass is 10.1. The van der Waals surface area contributed by atoms with Crippen molar-refractivity contribution in [2.45, 2.75) is 36.9 Å². The van der Waals surface area contributed by atoms with Gasteiger partial charge in [0.25, 0.3) is 5.91 Å². The number of benzene rings is 2. The molecule has 0 spiro atoms. The molecule has 1 heterocycles. The third-order valence-corrected chi connectivity index (χ3v) is 7.66. The van der Waals surface area contributed by atoms with Gasteiger partial charge in [-0.3, -0.25) is 4.79 Å². The van der Waals surface area contributed by atoms with Crippen LogP contribution in [0.5, 0.6) is 0 Å². The number of hydrogen-bond acceptors (Lipinski definition) is 4. The minimum atomic E-state index is -4.48. The molecule has 3 rings (SSSR count). The summed E-state index contributed by atoms with van der Waals surface area (Å²) in [5.41, 5.74) is -0.248. The molecule has 2 aromatic carbocycles. The van der Waals surface area contributed by atoms with Crippen LogP contribution >= 0.6 is 0 Å². The van der Waals surface area contributed by atoms with Gasteiger partial charge >= 0.3 is 6.18 Å². The molecule has 1 aliphatic heterocycles. The van der Waals surface area contributed by atoms with Crippen molar-refractivity contribution in [3.8, 4) is 0 Å². The van der Waals surface area contributed by atoms with Crippen molar-refractivity contribution in [2.24, 2.45) is 0 Å². The normalized spacial score (nSPS) is 15.5. The molecule has 0 atom stereocenters. The number of hydrogen-bond donors (Lipinski definition) is 0. The fraction of sp³-hybridized carbons (Fsp3) is 0.458. The van der Waals surface area contributed by atoms with Gasteiger partial charge in [0.15, 0.2) is 0 Å².